The fourth-order valence-electron chi connectivity index (χ4n) is 5.29. The van der Waals surface area contributed by atoms with Crippen molar-refractivity contribution >= 4 is 17.5 Å². The number of ether oxygens (including phenoxy) is 3. The largest absolute Gasteiger partial charge is 0.497 e. The number of methoxy groups -OCH3 is 3. The Kier molecular flexibility index (Phi) is 6.37. The van der Waals surface area contributed by atoms with Crippen molar-refractivity contribution in [3.63, 3.8) is 0 Å². The summed E-state index contributed by atoms with van der Waals surface area (Å²) in [6, 6.07) is 12.8. The zero-order valence-corrected chi connectivity index (χ0v) is 18.8. The minimum absolute atomic E-state index is 0.0254. The zero-order chi connectivity index (χ0) is 22.7. The van der Waals surface area contributed by atoms with Gasteiger partial charge in [-0.25, -0.2) is 0 Å². The van der Waals surface area contributed by atoms with Crippen molar-refractivity contribution in [2.45, 2.75) is 37.1 Å². The molecule has 1 saturated carbocycles. The van der Waals surface area contributed by atoms with Crippen molar-refractivity contribution in [1.82, 2.24) is 4.90 Å². The number of hydrogen-bond donors (Lipinski definition) is 1. The lowest BCUT2D eigenvalue weighted by molar-refractivity contribution is -0.121. The first-order valence-corrected chi connectivity index (χ1v) is 11.0. The normalized spacial score (nSPS) is 19.0. The predicted octanol–water partition coefficient (Wildman–Crippen LogP) is 3.84. The first kappa shape index (κ1) is 22.1. The lowest BCUT2D eigenvalue weighted by Crippen LogP contribution is -2.60. The third-order valence-corrected chi connectivity index (χ3v) is 6.74. The number of fused-ring (bicyclic) bond motifs is 1. The van der Waals surface area contributed by atoms with E-state index in [1.165, 1.54) is 0 Å². The molecule has 4 rings (SSSR count). The van der Waals surface area contributed by atoms with Gasteiger partial charge in [0, 0.05) is 25.3 Å². The van der Waals surface area contributed by atoms with Gasteiger partial charge in [0.1, 0.15) is 11.5 Å². The van der Waals surface area contributed by atoms with Crippen LogP contribution in [0.2, 0.25) is 0 Å². The van der Waals surface area contributed by atoms with Gasteiger partial charge < -0.3 is 24.4 Å². The molecule has 7 heteroatoms. The van der Waals surface area contributed by atoms with E-state index in [2.05, 4.69) is 5.32 Å². The van der Waals surface area contributed by atoms with Crippen molar-refractivity contribution in [1.29, 1.82) is 0 Å². The molecule has 0 radical (unpaired) electrons. The Morgan fingerprint density at radius 3 is 2.53 bits per heavy atom. The van der Waals surface area contributed by atoms with Crippen LogP contribution in [0.3, 0.4) is 0 Å². The lowest BCUT2D eigenvalue weighted by Gasteiger charge is -2.50. The molecule has 1 aliphatic carbocycles. The topological polar surface area (TPSA) is 77.1 Å². The molecular weight excluding hydrogens is 408 g/mol. The Balaban J connectivity index is 1.79. The summed E-state index contributed by atoms with van der Waals surface area (Å²) >= 11 is 0. The second kappa shape index (κ2) is 9.20. The van der Waals surface area contributed by atoms with Crippen LogP contribution in [-0.4, -0.2) is 56.7 Å². The monoisotopic (exact) mass is 438 g/mol. The van der Waals surface area contributed by atoms with E-state index in [9.17, 15) is 9.59 Å². The van der Waals surface area contributed by atoms with Gasteiger partial charge in [0.25, 0.3) is 5.91 Å². The molecule has 0 unspecified atom stereocenters. The summed E-state index contributed by atoms with van der Waals surface area (Å²) in [4.78, 5) is 29.3. The van der Waals surface area contributed by atoms with E-state index >= 15 is 0 Å². The molecule has 0 saturated heterocycles. The molecule has 1 aliphatic heterocycles. The van der Waals surface area contributed by atoms with Gasteiger partial charge in [-0.05, 0) is 36.6 Å². The van der Waals surface area contributed by atoms with Crippen molar-refractivity contribution in [2.24, 2.45) is 0 Å². The lowest BCUT2D eigenvalue weighted by atomic mass is 9.71. The van der Waals surface area contributed by atoms with Crippen LogP contribution in [0, 0.1) is 0 Å². The Hall–Kier alpha value is -3.06. The highest BCUT2D eigenvalue weighted by Crippen LogP contribution is 2.50. The molecule has 0 aromatic heterocycles. The summed E-state index contributed by atoms with van der Waals surface area (Å²) in [6.45, 7) is 0.879. The van der Waals surface area contributed by atoms with Crippen LogP contribution in [0.25, 0.3) is 0 Å². The molecule has 1 spiro atoms. The first-order valence-electron chi connectivity index (χ1n) is 11.0. The van der Waals surface area contributed by atoms with Crippen LogP contribution in [-0.2, 0) is 9.53 Å². The summed E-state index contributed by atoms with van der Waals surface area (Å²) in [7, 11) is 4.78. The second-order valence-electron chi connectivity index (χ2n) is 8.34. The van der Waals surface area contributed by atoms with Crippen LogP contribution >= 0.6 is 0 Å². The van der Waals surface area contributed by atoms with Gasteiger partial charge in [-0.1, -0.05) is 31.0 Å². The summed E-state index contributed by atoms with van der Waals surface area (Å²) in [5, 5.41) is 3.08. The van der Waals surface area contributed by atoms with E-state index in [0.717, 1.165) is 31.2 Å². The fourth-order valence-corrected chi connectivity index (χ4v) is 5.29. The fraction of sp³-hybridized carbons (Fsp3) is 0.440. The molecule has 2 aliphatic rings. The Morgan fingerprint density at radius 1 is 1.09 bits per heavy atom. The van der Waals surface area contributed by atoms with E-state index in [4.69, 9.17) is 14.2 Å². The number of amides is 2. The number of anilines is 1. The molecule has 2 aromatic carbocycles. The van der Waals surface area contributed by atoms with E-state index in [0.29, 0.717) is 35.9 Å². The average molecular weight is 439 g/mol. The summed E-state index contributed by atoms with van der Waals surface area (Å²) in [5.41, 5.74) is 1.34. The van der Waals surface area contributed by atoms with Crippen LogP contribution in [0.4, 0.5) is 5.69 Å². The van der Waals surface area contributed by atoms with Crippen LogP contribution in [0.5, 0.6) is 11.5 Å². The molecule has 1 heterocycles. The first-order chi connectivity index (χ1) is 15.6. The van der Waals surface area contributed by atoms with Gasteiger partial charge >= 0.3 is 0 Å². The highest BCUT2D eigenvalue weighted by molar-refractivity contribution is 6.05. The molecule has 32 heavy (non-hydrogen) atoms. The van der Waals surface area contributed by atoms with E-state index in [1.807, 2.05) is 29.2 Å². The van der Waals surface area contributed by atoms with Gasteiger partial charge in [-0.2, -0.15) is 0 Å². The van der Waals surface area contributed by atoms with Crippen molar-refractivity contribution in [3.05, 3.63) is 53.6 Å². The molecule has 7 nitrogen and oxygen atoms in total. The molecule has 0 bridgehead atoms. The molecule has 1 N–H and O–H groups in total. The minimum Gasteiger partial charge on any atom is -0.497 e. The predicted molar refractivity (Wildman–Crippen MR) is 121 cm³/mol. The van der Waals surface area contributed by atoms with E-state index in [1.54, 1.807) is 39.5 Å². The highest BCUT2D eigenvalue weighted by Gasteiger charge is 2.55. The molecule has 1 fully saturated rings. The number of nitrogens with one attached hydrogen (secondary N) is 1. The SMILES string of the molecule is COCCN1C(=O)c2ccccc2[C@H](C(=O)Nc2cc(OC)ccc2OC)C12CCCC2. The number of hydrogen-bond acceptors (Lipinski definition) is 5. The minimum atomic E-state index is -0.569. The molecular formula is C25H30N2O5. The summed E-state index contributed by atoms with van der Waals surface area (Å²) in [5.74, 6) is 0.503. The maximum Gasteiger partial charge on any atom is 0.254 e. The second-order valence-corrected chi connectivity index (χ2v) is 8.34. The number of benzene rings is 2. The van der Waals surface area contributed by atoms with Gasteiger partial charge in [-0.15, -0.1) is 0 Å². The van der Waals surface area contributed by atoms with E-state index in [-0.39, 0.29) is 11.8 Å². The van der Waals surface area contributed by atoms with Gasteiger partial charge in [0.2, 0.25) is 5.91 Å². The van der Waals surface area contributed by atoms with Crippen molar-refractivity contribution < 1.29 is 23.8 Å². The number of carbonyl (C=O) groups excluding carboxylic acids is 2. The summed E-state index contributed by atoms with van der Waals surface area (Å²) in [6.07, 6.45) is 3.52. The highest BCUT2D eigenvalue weighted by atomic mass is 16.5. The smallest absolute Gasteiger partial charge is 0.254 e. The Bertz CT molecular complexity index is 1000. The molecule has 2 amide bonds. The average Bonchev–Trinajstić information content (AvgIpc) is 3.28. The number of rotatable bonds is 7. The Labute approximate surface area is 188 Å². The van der Waals surface area contributed by atoms with Crippen LogP contribution in [0.15, 0.2) is 42.5 Å². The molecule has 1 atom stereocenters. The van der Waals surface area contributed by atoms with Crippen LogP contribution < -0.4 is 14.8 Å². The number of nitrogens with zero attached hydrogens (tertiary/aromatic N) is 1. The zero-order valence-electron chi connectivity index (χ0n) is 18.8. The maximum atomic E-state index is 13.9. The standard InChI is InChI=1S/C25H30N2O5/c1-30-15-14-27-24(29)19-9-5-4-8-18(19)22(25(27)12-6-7-13-25)23(28)26-20-16-17(31-2)10-11-21(20)32-3/h4-5,8-11,16,22H,6-7,12-15H2,1-3H3,(H,26,28)/t22-/m1/s1. The van der Waals surface area contributed by atoms with Crippen molar-refractivity contribution in [3.8, 4) is 11.5 Å². The summed E-state index contributed by atoms with van der Waals surface area (Å²) < 4.78 is 16.1. The third kappa shape index (κ3) is 3.71. The molecule has 170 valence electrons. The van der Waals surface area contributed by atoms with Gasteiger partial charge in [0.05, 0.1) is 38.0 Å². The third-order valence-electron chi connectivity index (χ3n) is 6.74. The van der Waals surface area contributed by atoms with E-state index < -0.39 is 11.5 Å². The maximum absolute atomic E-state index is 13.9. The molecule has 2 aromatic rings. The van der Waals surface area contributed by atoms with Gasteiger partial charge in [-0.3, -0.25) is 9.59 Å². The van der Waals surface area contributed by atoms with Crippen LogP contribution in [0.1, 0.15) is 47.5 Å². The van der Waals surface area contributed by atoms with Crippen molar-refractivity contribution in [2.75, 3.05) is 39.8 Å². The number of carbonyl (C=O) groups is 2. The Morgan fingerprint density at radius 2 is 1.84 bits per heavy atom. The quantitative estimate of drug-likeness (QED) is 0.711. The van der Waals surface area contributed by atoms with Gasteiger partial charge in [0.15, 0.2) is 0 Å².